The zero-order valence-electron chi connectivity index (χ0n) is 10.9. The van der Waals surface area contributed by atoms with E-state index in [1.807, 2.05) is 0 Å². The topological polar surface area (TPSA) is 94.9 Å². The molecule has 2 amide bonds. The van der Waals surface area contributed by atoms with Crippen molar-refractivity contribution in [3.05, 3.63) is 41.5 Å². The molecule has 106 valence electrons. The number of aromatic hydroxyl groups is 1. The van der Waals surface area contributed by atoms with E-state index in [0.29, 0.717) is 21.9 Å². The van der Waals surface area contributed by atoms with Crippen molar-refractivity contribution in [3.63, 3.8) is 0 Å². The highest BCUT2D eigenvalue weighted by Gasteiger charge is 2.33. The van der Waals surface area contributed by atoms with Crippen molar-refractivity contribution < 1.29 is 24.6 Å². The monoisotopic (exact) mass is 285 g/mol. The third kappa shape index (κ3) is 1.92. The second-order valence-corrected chi connectivity index (χ2v) is 4.77. The van der Waals surface area contributed by atoms with Gasteiger partial charge < -0.3 is 10.2 Å². The van der Waals surface area contributed by atoms with Crippen LogP contribution < -0.4 is 0 Å². The van der Waals surface area contributed by atoms with E-state index in [0.717, 1.165) is 4.90 Å². The SMILES string of the molecule is O=C(O)CCN1C(=O)c2cccc3c(O)ccc(c23)C1=O. The zero-order valence-corrected chi connectivity index (χ0v) is 10.9. The molecule has 21 heavy (non-hydrogen) atoms. The minimum atomic E-state index is -1.08. The van der Waals surface area contributed by atoms with Crippen molar-refractivity contribution >= 4 is 28.6 Å². The van der Waals surface area contributed by atoms with Crippen molar-refractivity contribution in [2.24, 2.45) is 0 Å². The summed E-state index contributed by atoms with van der Waals surface area (Å²) in [6.45, 7) is -0.177. The standard InChI is InChI=1S/C15H11NO5/c17-11-5-4-10-13-8(11)2-1-3-9(13)14(20)16(15(10)21)7-6-12(18)19/h1-5,17H,6-7H2,(H,18,19). The van der Waals surface area contributed by atoms with Crippen LogP contribution in [0.4, 0.5) is 0 Å². The Morgan fingerprint density at radius 3 is 2.38 bits per heavy atom. The van der Waals surface area contributed by atoms with Gasteiger partial charge >= 0.3 is 5.97 Å². The number of carboxylic acid groups (broad SMARTS) is 1. The summed E-state index contributed by atoms with van der Waals surface area (Å²) in [6, 6.07) is 7.65. The van der Waals surface area contributed by atoms with Gasteiger partial charge in [0.2, 0.25) is 0 Å². The third-order valence-corrected chi connectivity index (χ3v) is 3.52. The summed E-state index contributed by atoms with van der Waals surface area (Å²) in [6.07, 6.45) is -0.305. The molecule has 2 N–H and O–H groups in total. The molecule has 0 fully saturated rings. The fourth-order valence-corrected chi connectivity index (χ4v) is 2.54. The van der Waals surface area contributed by atoms with Crippen LogP contribution in [-0.2, 0) is 4.79 Å². The third-order valence-electron chi connectivity index (χ3n) is 3.52. The van der Waals surface area contributed by atoms with Gasteiger partial charge in [-0.15, -0.1) is 0 Å². The number of carbonyl (C=O) groups is 3. The molecular weight excluding hydrogens is 274 g/mol. The van der Waals surface area contributed by atoms with Crippen LogP contribution in [0, 0.1) is 0 Å². The molecule has 2 aromatic rings. The average molecular weight is 285 g/mol. The van der Waals surface area contributed by atoms with Crippen LogP contribution in [0.25, 0.3) is 10.8 Å². The van der Waals surface area contributed by atoms with Crippen molar-refractivity contribution in [1.29, 1.82) is 0 Å². The maximum Gasteiger partial charge on any atom is 0.305 e. The van der Waals surface area contributed by atoms with Crippen LogP contribution in [-0.4, -0.2) is 39.4 Å². The normalized spacial score (nSPS) is 13.8. The fraction of sp³-hybridized carbons (Fsp3) is 0.133. The van der Waals surface area contributed by atoms with Crippen LogP contribution in [0.2, 0.25) is 0 Å². The zero-order chi connectivity index (χ0) is 15.1. The molecule has 1 aliphatic rings. The summed E-state index contributed by atoms with van der Waals surface area (Å²) >= 11 is 0. The average Bonchev–Trinajstić information content (AvgIpc) is 2.45. The van der Waals surface area contributed by atoms with Gasteiger partial charge in [0, 0.05) is 28.4 Å². The largest absolute Gasteiger partial charge is 0.507 e. The van der Waals surface area contributed by atoms with Crippen molar-refractivity contribution in [2.75, 3.05) is 6.54 Å². The predicted molar refractivity (Wildman–Crippen MR) is 73.2 cm³/mol. The molecule has 0 aromatic heterocycles. The van der Waals surface area contributed by atoms with Crippen molar-refractivity contribution in [1.82, 2.24) is 4.90 Å². The van der Waals surface area contributed by atoms with Crippen molar-refractivity contribution in [2.45, 2.75) is 6.42 Å². The molecule has 0 saturated heterocycles. The van der Waals surface area contributed by atoms with Gasteiger partial charge in [-0.3, -0.25) is 19.3 Å². The lowest BCUT2D eigenvalue weighted by Gasteiger charge is -2.26. The molecule has 0 spiro atoms. The van der Waals surface area contributed by atoms with Crippen LogP contribution >= 0.6 is 0 Å². The number of carboxylic acids is 1. The van der Waals surface area contributed by atoms with E-state index in [-0.39, 0.29) is 18.7 Å². The van der Waals surface area contributed by atoms with Crippen LogP contribution in [0.1, 0.15) is 27.1 Å². The second-order valence-electron chi connectivity index (χ2n) is 4.77. The Morgan fingerprint density at radius 2 is 1.71 bits per heavy atom. The fourth-order valence-electron chi connectivity index (χ4n) is 2.54. The molecular formula is C15H11NO5. The number of amides is 2. The molecule has 1 aliphatic heterocycles. The van der Waals surface area contributed by atoms with Gasteiger partial charge in [0.1, 0.15) is 5.75 Å². The Balaban J connectivity index is 2.17. The van der Waals surface area contributed by atoms with Gasteiger partial charge in [-0.05, 0) is 18.2 Å². The minimum absolute atomic E-state index is 0.00446. The Hall–Kier alpha value is -2.89. The number of nitrogens with zero attached hydrogens (tertiary/aromatic N) is 1. The second kappa shape index (κ2) is 4.59. The molecule has 0 atom stereocenters. The number of rotatable bonds is 3. The van der Waals surface area contributed by atoms with Gasteiger partial charge in [-0.1, -0.05) is 12.1 Å². The van der Waals surface area contributed by atoms with Gasteiger partial charge in [-0.25, -0.2) is 0 Å². The summed E-state index contributed by atoms with van der Waals surface area (Å²) in [7, 11) is 0. The first-order valence-electron chi connectivity index (χ1n) is 6.33. The molecule has 0 radical (unpaired) electrons. The molecule has 0 unspecified atom stereocenters. The maximum atomic E-state index is 12.4. The van der Waals surface area contributed by atoms with E-state index < -0.39 is 17.8 Å². The molecule has 1 heterocycles. The molecule has 6 heteroatoms. The van der Waals surface area contributed by atoms with Crippen LogP contribution in [0.5, 0.6) is 5.75 Å². The van der Waals surface area contributed by atoms with Gasteiger partial charge in [0.05, 0.1) is 6.42 Å². The lowest BCUT2D eigenvalue weighted by atomic mass is 9.93. The number of aliphatic carboxylic acids is 1. The molecule has 6 nitrogen and oxygen atoms in total. The highest BCUT2D eigenvalue weighted by molar-refractivity contribution is 6.26. The maximum absolute atomic E-state index is 12.4. The Labute approximate surface area is 119 Å². The Morgan fingerprint density at radius 1 is 1.05 bits per heavy atom. The Kier molecular flexibility index (Phi) is 2.86. The highest BCUT2D eigenvalue weighted by Crippen LogP contribution is 2.34. The molecule has 0 saturated carbocycles. The molecule has 0 bridgehead atoms. The molecule has 2 aromatic carbocycles. The van der Waals surface area contributed by atoms with E-state index in [9.17, 15) is 19.5 Å². The molecule has 0 aliphatic carbocycles. The number of phenols is 1. The van der Waals surface area contributed by atoms with E-state index >= 15 is 0 Å². The van der Waals surface area contributed by atoms with E-state index in [4.69, 9.17) is 5.11 Å². The summed E-state index contributed by atoms with van der Waals surface area (Å²) in [5.41, 5.74) is 0.590. The van der Waals surface area contributed by atoms with Crippen molar-refractivity contribution in [3.8, 4) is 5.75 Å². The first-order valence-corrected chi connectivity index (χ1v) is 6.33. The lowest BCUT2D eigenvalue weighted by molar-refractivity contribution is -0.137. The number of carbonyl (C=O) groups excluding carboxylic acids is 2. The number of phenolic OH excluding ortho intramolecular Hbond substituents is 1. The quantitative estimate of drug-likeness (QED) is 0.835. The Bertz CT molecular complexity index is 774. The first-order chi connectivity index (χ1) is 10.0. The smallest absolute Gasteiger partial charge is 0.305 e. The van der Waals surface area contributed by atoms with Crippen LogP contribution in [0.15, 0.2) is 30.3 Å². The lowest BCUT2D eigenvalue weighted by Crippen LogP contribution is -2.41. The van der Waals surface area contributed by atoms with E-state index in [2.05, 4.69) is 0 Å². The number of hydrogen-bond acceptors (Lipinski definition) is 4. The van der Waals surface area contributed by atoms with E-state index in [1.165, 1.54) is 12.1 Å². The van der Waals surface area contributed by atoms with Gasteiger partial charge in [-0.2, -0.15) is 0 Å². The van der Waals surface area contributed by atoms with Gasteiger partial charge in [0.25, 0.3) is 11.8 Å². The number of imide groups is 1. The summed E-state index contributed by atoms with van der Waals surface area (Å²) < 4.78 is 0. The minimum Gasteiger partial charge on any atom is -0.507 e. The summed E-state index contributed by atoms with van der Waals surface area (Å²) in [5, 5.41) is 19.4. The van der Waals surface area contributed by atoms with Gasteiger partial charge in [0.15, 0.2) is 0 Å². The molecule has 3 rings (SSSR count). The summed E-state index contributed by atoms with van der Waals surface area (Å²) in [5.74, 6) is -2.16. The number of benzene rings is 2. The highest BCUT2D eigenvalue weighted by atomic mass is 16.4. The first kappa shape index (κ1) is 13.1. The number of hydrogen-bond donors (Lipinski definition) is 2. The van der Waals surface area contributed by atoms with E-state index in [1.54, 1.807) is 18.2 Å². The van der Waals surface area contributed by atoms with Crippen LogP contribution in [0.3, 0.4) is 0 Å². The predicted octanol–water partition coefficient (Wildman–Crippen LogP) is 1.62. The summed E-state index contributed by atoms with van der Waals surface area (Å²) in [4.78, 5) is 36.3.